The van der Waals surface area contributed by atoms with Gasteiger partial charge in [0.05, 0.1) is 0 Å². The van der Waals surface area contributed by atoms with E-state index >= 15 is 0 Å². The molecule has 2 N–H and O–H groups in total. The molecule has 3 atom stereocenters. The van der Waals surface area contributed by atoms with Gasteiger partial charge in [-0.1, -0.05) is 13.8 Å². The maximum absolute atomic E-state index is 6.34. The Morgan fingerprint density at radius 2 is 2.00 bits per heavy atom. The van der Waals surface area contributed by atoms with Crippen molar-refractivity contribution >= 4 is 0 Å². The maximum atomic E-state index is 6.34. The van der Waals surface area contributed by atoms with Crippen LogP contribution in [0.25, 0.3) is 0 Å². The van der Waals surface area contributed by atoms with E-state index in [2.05, 4.69) is 42.9 Å². The van der Waals surface area contributed by atoms with E-state index in [1.807, 2.05) is 12.4 Å². The normalized spacial score (nSPS) is 28.0. The van der Waals surface area contributed by atoms with Crippen LogP contribution < -0.4 is 5.73 Å². The third-order valence-corrected chi connectivity index (χ3v) is 4.60. The summed E-state index contributed by atoms with van der Waals surface area (Å²) in [4.78, 5) is 6.50. The third-order valence-electron chi connectivity index (χ3n) is 4.60. The Morgan fingerprint density at radius 3 is 2.63 bits per heavy atom. The van der Waals surface area contributed by atoms with Crippen molar-refractivity contribution in [1.82, 2.24) is 9.88 Å². The van der Waals surface area contributed by atoms with Gasteiger partial charge in [0.2, 0.25) is 0 Å². The zero-order chi connectivity index (χ0) is 13.8. The first kappa shape index (κ1) is 14.5. The standard InChI is InChI=1S/C16H27N3/c1-12(2)14-4-5-15(17)16(10-14)19(3)11-13-6-8-18-9-7-13/h6-9,12,14-16H,4-5,10-11,17H2,1-3H3. The summed E-state index contributed by atoms with van der Waals surface area (Å²) in [5, 5.41) is 0. The molecule has 0 aliphatic heterocycles. The van der Waals surface area contributed by atoms with Gasteiger partial charge >= 0.3 is 0 Å². The van der Waals surface area contributed by atoms with E-state index in [-0.39, 0.29) is 0 Å². The van der Waals surface area contributed by atoms with Crippen LogP contribution in [0.4, 0.5) is 0 Å². The summed E-state index contributed by atoms with van der Waals surface area (Å²) >= 11 is 0. The average molecular weight is 261 g/mol. The van der Waals surface area contributed by atoms with Crippen LogP contribution >= 0.6 is 0 Å². The summed E-state index contributed by atoms with van der Waals surface area (Å²) in [6, 6.07) is 5.01. The highest BCUT2D eigenvalue weighted by molar-refractivity contribution is 5.09. The fraction of sp³-hybridized carbons (Fsp3) is 0.688. The number of pyridine rings is 1. The first-order valence-corrected chi connectivity index (χ1v) is 7.42. The predicted octanol–water partition coefficient (Wildman–Crippen LogP) is 2.67. The monoisotopic (exact) mass is 261 g/mol. The van der Waals surface area contributed by atoms with Gasteiger partial charge in [-0.2, -0.15) is 0 Å². The molecule has 1 aliphatic carbocycles. The van der Waals surface area contributed by atoms with Gasteiger partial charge in [0.15, 0.2) is 0 Å². The average Bonchev–Trinajstić information content (AvgIpc) is 2.40. The molecule has 0 radical (unpaired) electrons. The highest BCUT2D eigenvalue weighted by Gasteiger charge is 2.31. The van der Waals surface area contributed by atoms with Crippen LogP contribution in [-0.4, -0.2) is 29.0 Å². The van der Waals surface area contributed by atoms with Crippen LogP contribution in [-0.2, 0) is 6.54 Å². The van der Waals surface area contributed by atoms with Crippen molar-refractivity contribution in [3.63, 3.8) is 0 Å². The second-order valence-corrected chi connectivity index (χ2v) is 6.32. The molecular formula is C16H27N3. The molecule has 106 valence electrons. The lowest BCUT2D eigenvalue weighted by Gasteiger charge is -2.41. The number of nitrogens with two attached hydrogens (primary N) is 1. The SMILES string of the molecule is CC(C)C1CCC(N)C(N(C)Cc2ccncc2)C1. The summed E-state index contributed by atoms with van der Waals surface area (Å²) in [6.07, 6.45) is 7.41. The number of hydrogen-bond acceptors (Lipinski definition) is 3. The van der Waals surface area contributed by atoms with Gasteiger partial charge in [-0.15, -0.1) is 0 Å². The molecule has 0 bridgehead atoms. The fourth-order valence-corrected chi connectivity index (χ4v) is 3.21. The Morgan fingerprint density at radius 1 is 1.32 bits per heavy atom. The van der Waals surface area contributed by atoms with Crippen LogP contribution in [0.5, 0.6) is 0 Å². The minimum Gasteiger partial charge on any atom is -0.326 e. The zero-order valence-corrected chi connectivity index (χ0v) is 12.4. The molecule has 1 aromatic heterocycles. The van der Waals surface area contributed by atoms with Crippen LogP contribution in [0.2, 0.25) is 0 Å². The lowest BCUT2D eigenvalue weighted by atomic mass is 9.76. The largest absolute Gasteiger partial charge is 0.326 e. The number of aromatic nitrogens is 1. The minimum absolute atomic E-state index is 0.321. The van der Waals surface area contributed by atoms with E-state index in [0.29, 0.717) is 12.1 Å². The minimum atomic E-state index is 0.321. The second kappa shape index (κ2) is 6.49. The number of hydrogen-bond donors (Lipinski definition) is 1. The highest BCUT2D eigenvalue weighted by Crippen LogP contribution is 2.32. The molecule has 19 heavy (non-hydrogen) atoms. The first-order valence-electron chi connectivity index (χ1n) is 7.42. The van der Waals surface area contributed by atoms with E-state index in [0.717, 1.165) is 24.8 Å². The van der Waals surface area contributed by atoms with E-state index in [1.54, 1.807) is 0 Å². The summed E-state index contributed by atoms with van der Waals surface area (Å²) < 4.78 is 0. The van der Waals surface area contributed by atoms with E-state index in [9.17, 15) is 0 Å². The summed E-state index contributed by atoms with van der Waals surface area (Å²) in [5.41, 5.74) is 7.66. The molecule has 3 heteroatoms. The maximum Gasteiger partial charge on any atom is 0.0271 e. The molecule has 3 unspecified atom stereocenters. The molecule has 1 saturated carbocycles. The smallest absolute Gasteiger partial charge is 0.0271 e. The quantitative estimate of drug-likeness (QED) is 0.906. The Balaban J connectivity index is 1.98. The van der Waals surface area contributed by atoms with Gasteiger partial charge in [0.25, 0.3) is 0 Å². The van der Waals surface area contributed by atoms with Gasteiger partial charge < -0.3 is 5.73 Å². The van der Waals surface area contributed by atoms with Crippen LogP contribution in [0, 0.1) is 11.8 Å². The molecule has 1 heterocycles. The third kappa shape index (κ3) is 3.77. The van der Waals surface area contributed by atoms with Gasteiger partial charge in [-0.25, -0.2) is 0 Å². The van der Waals surface area contributed by atoms with Crippen molar-refractivity contribution in [1.29, 1.82) is 0 Å². The molecule has 2 rings (SSSR count). The molecule has 3 nitrogen and oxygen atoms in total. The zero-order valence-electron chi connectivity index (χ0n) is 12.4. The van der Waals surface area contributed by atoms with E-state index in [4.69, 9.17) is 5.73 Å². The van der Waals surface area contributed by atoms with Crippen molar-refractivity contribution in [3.8, 4) is 0 Å². The summed E-state index contributed by atoms with van der Waals surface area (Å²) in [5.74, 6) is 1.59. The van der Waals surface area contributed by atoms with Gasteiger partial charge in [0.1, 0.15) is 0 Å². The lowest BCUT2D eigenvalue weighted by Crippen LogP contribution is -2.50. The van der Waals surface area contributed by atoms with Crippen LogP contribution in [0.1, 0.15) is 38.7 Å². The highest BCUT2D eigenvalue weighted by atomic mass is 15.1. The summed E-state index contributed by atoms with van der Waals surface area (Å²) in [7, 11) is 2.20. The van der Waals surface area contributed by atoms with Crippen LogP contribution in [0.15, 0.2) is 24.5 Å². The van der Waals surface area contributed by atoms with E-state index < -0.39 is 0 Å². The molecule has 1 fully saturated rings. The van der Waals surface area contributed by atoms with E-state index in [1.165, 1.54) is 18.4 Å². The van der Waals surface area contributed by atoms with Gasteiger partial charge in [-0.05, 0) is 55.8 Å². The Labute approximate surface area is 117 Å². The number of likely N-dealkylation sites (N-methyl/N-ethyl adjacent to an activating group) is 1. The predicted molar refractivity (Wildman–Crippen MR) is 79.6 cm³/mol. The van der Waals surface area contributed by atoms with Crippen LogP contribution in [0.3, 0.4) is 0 Å². The molecule has 0 saturated heterocycles. The van der Waals surface area contributed by atoms with Crippen molar-refractivity contribution < 1.29 is 0 Å². The Bertz CT molecular complexity index is 377. The Hall–Kier alpha value is -0.930. The van der Waals surface area contributed by atoms with Crippen molar-refractivity contribution in [2.45, 2.75) is 51.7 Å². The summed E-state index contributed by atoms with van der Waals surface area (Å²) in [6.45, 7) is 5.63. The Kier molecular flexibility index (Phi) is 4.94. The fourth-order valence-electron chi connectivity index (χ4n) is 3.21. The molecular weight excluding hydrogens is 234 g/mol. The van der Waals surface area contributed by atoms with Crippen molar-refractivity contribution in [2.75, 3.05) is 7.05 Å². The van der Waals surface area contributed by atoms with Gasteiger partial charge in [0, 0.05) is 31.0 Å². The first-order chi connectivity index (χ1) is 9.08. The molecule has 1 aromatic rings. The van der Waals surface area contributed by atoms with Crippen molar-refractivity contribution in [2.24, 2.45) is 17.6 Å². The van der Waals surface area contributed by atoms with Crippen molar-refractivity contribution in [3.05, 3.63) is 30.1 Å². The molecule has 0 aromatic carbocycles. The van der Waals surface area contributed by atoms with Gasteiger partial charge in [-0.3, -0.25) is 9.88 Å². The second-order valence-electron chi connectivity index (χ2n) is 6.32. The molecule has 1 aliphatic rings. The molecule has 0 amide bonds. The number of nitrogens with zero attached hydrogens (tertiary/aromatic N) is 2. The topological polar surface area (TPSA) is 42.1 Å². The molecule has 0 spiro atoms. The number of rotatable bonds is 4. The lowest BCUT2D eigenvalue weighted by molar-refractivity contribution is 0.113.